The number of nitrogens with one attached hydrogen (secondary N) is 2. The molecule has 0 spiro atoms. The van der Waals surface area contributed by atoms with E-state index in [1.807, 2.05) is 13.0 Å². The highest BCUT2D eigenvalue weighted by Gasteiger charge is 2.14. The van der Waals surface area contributed by atoms with Crippen LogP contribution in [-0.2, 0) is 9.53 Å². The minimum absolute atomic E-state index is 0.137. The van der Waals surface area contributed by atoms with Gasteiger partial charge in [-0.05, 0) is 43.5 Å². The molecular weight excluding hydrogens is 318 g/mol. The molecule has 0 saturated carbocycles. The Labute approximate surface area is 147 Å². The molecule has 0 saturated heterocycles. The quantitative estimate of drug-likeness (QED) is 0.569. The first-order chi connectivity index (χ1) is 12.1. The summed E-state index contributed by atoms with van der Waals surface area (Å²) in [4.78, 5) is 26.5. The Bertz CT molecular complexity index is 802. The van der Waals surface area contributed by atoms with Gasteiger partial charge in [0, 0.05) is 23.9 Å². The van der Waals surface area contributed by atoms with E-state index < -0.39 is 0 Å². The summed E-state index contributed by atoms with van der Waals surface area (Å²) in [6, 6.07) is 7.45. The molecule has 0 fully saturated rings. The van der Waals surface area contributed by atoms with Crippen LogP contribution in [0.2, 0.25) is 0 Å². The molecule has 0 atom stereocenters. The number of carbonyl (C=O) groups is 2. The van der Waals surface area contributed by atoms with Gasteiger partial charge in [0.05, 0.1) is 18.7 Å². The second kappa shape index (κ2) is 8.88. The summed E-state index contributed by atoms with van der Waals surface area (Å²) in [7, 11) is 1.39. The molecule has 0 bridgehead atoms. The minimum atomic E-state index is -0.179. The Morgan fingerprint density at radius 1 is 1.24 bits per heavy atom. The average Bonchev–Trinajstić information content (AvgIpc) is 2.96. The van der Waals surface area contributed by atoms with E-state index in [-0.39, 0.29) is 11.9 Å². The van der Waals surface area contributed by atoms with Crippen LogP contribution in [0.3, 0.4) is 0 Å². The number of carbonyl (C=O) groups excluding carboxylic acids is 2. The third kappa shape index (κ3) is 4.83. The Morgan fingerprint density at radius 3 is 2.72 bits per heavy atom. The van der Waals surface area contributed by atoms with E-state index in [2.05, 4.69) is 21.1 Å². The number of methoxy groups -OCH3 is 1. The molecule has 0 aliphatic rings. The molecule has 0 aliphatic carbocycles. The van der Waals surface area contributed by atoms with E-state index in [0.717, 1.165) is 42.1 Å². The highest BCUT2D eigenvalue weighted by Crippen LogP contribution is 2.22. The minimum Gasteiger partial charge on any atom is -0.469 e. The van der Waals surface area contributed by atoms with Crippen molar-refractivity contribution in [1.82, 2.24) is 10.3 Å². The molecule has 2 aromatic rings. The number of nitrogens with zero attached hydrogens (tertiary/aromatic N) is 1. The number of aromatic amines is 1. The van der Waals surface area contributed by atoms with Crippen molar-refractivity contribution in [1.29, 1.82) is 5.26 Å². The molecule has 1 heterocycles. The summed E-state index contributed by atoms with van der Waals surface area (Å²) in [5.74, 6) is -0.316. The Kier molecular flexibility index (Phi) is 6.58. The number of aryl methyl sites for hydroxylation is 1. The maximum absolute atomic E-state index is 12.3. The van der Waals surface area contributed by atoms with E-state index >= 15 is 0 Å². The van der Waals surface area contributed by atoms with Crippen LogP contribution in [0.25, 0.3) is 10.9 Å². The van der Waals surface area contributed by atoms with Crippen molar-refractivity contribution in [2.75, 3.05) is 13.7 Å². The second-order valence-electron chi connectivity index (χ2n) is 5.99. The molecule has 25 heavy (non-hydrogen) atoms. The first-order valence-electron chi connectivity index (χ1n) is 8.44. The highest BCUT2D eigenvalue weighted by molar-refractivity contribution is 6.01. The van der Waals surface area contributed by atoms with E-state index in [1.54, 1.807) is 12.1 Å². The van der Waals surface area contributed by atoms with Crippen LogP contribution >= 0.6 is 0 Å². The standard InChI is InChI=1S/C19H23N3O3/c1-13-15-11-14(12-20)8-9-16(15)22-18(13)19(24)21-10-6-4-3-5-7-17(23)25-2/h8-9,11,22H,3-7,10H2,1-2H3,(H,21,24). The number of aromatic nitrogens is 1. The molecule has 1 amide bonds. The number of hydrogen-bond donors (Lipinski definition) is 2. The normalized spacial score (nSPS) is 10.4. The van der Waals surface area contributed by atoms with Gasteiger partial charge >= 0.3 is 5.97 Å². The average molecular weight is 341 g/mol. The second-order valence-corrected chi connectivity index (χ2v) is 5.99. The van der Waals surface area contributed by atoms with E-state index in [1.165, 1.54) is 7.11 Å². The third-order valence-electron chi connectivity index (χ3n) is 4.24. The maximum atomic E-state index is 12.3. The zero-order valence-electron chi connectivity index (χ0n) is 14.6. The number of nitriles is 1. The summed E-state index contributed by atoms with van der Waals surface area (Å²) >= 11 is 0. The fourth-order valence-corrected chi connectivity index (χ4v) is 2.76. The summed E-state index contributed by atoms with van der Waals surface area (Å²) in [6.45, 7) is 2.47. The van der Waals surface area contributed by atoms with E-state index in [4.69, 9.17) is 5.26 Å². The molecular formula is C19H23N3O3. The molecule has 6 nitrogen and oxygen atoms in total. The van der Waals surface area contributed by atoms with Crippen LogP contribution in [0.1, 0.15) is 53.7 Å². The van der Waals surface area contributed by atoms with Gasteiger partial charge in [-0.15, -0.1) is 0 Å². The van der Waals surface area contributed by atoms with Gasteiger partial charge in [-0.1, -0.05) is 12.8 Å². The van der Waals surface area contributed by atoms with Gasteiger partial charge < -0.3 is 15.0 Å². The lowest BCUT2D eigenvalue weighted by molar-refractivity contribution is -0.140. The monoisotopic (exact) mass is 341 g/mol. The van der Waals surface area contributed by atoms with Gasteiger partial charge in [-0.3, -0.25) is 9.59 Å². The van der Waals surface area contributed by atoms with E-state index in [9.17, 15) is 9.59 Å². The number of benzene rings is 1. The summed E-state index contributed by atoms with van der Waals surface area (Å²) < 4.78 is 4.59. The number of H-pyrrole nitrogens is 1. The number of ether oxygens (including phenoxy) is 1. The van der Waals surface area contributed by atoms with Gasteiger partial charge in [-0.25, -0.2) is 0 Å². The number of fused-ring (bicyclic) bond motifs is 1. The fourth-order valence-electron chi connectivity index (χ4n) is 2.76. The summed E-state index contributed by atoms with van der Waals surface area (Å²) in [6.07, 6.45) is 4.01. The number of rotatable bonds is 8. The van der Waals surface area contributed by atoms with Crippen LogP contribution < -0.4 is 5.32 Å². The molecule has 2 rings (SSSR count). The SMILES string of the molecule is COC(=O)CCCCCCNC(=O)c1[nH]c2ccc(C#N)cc2c1C. The molecule has 0 radical (unpaired) electrons. The van der Waals surface area contributed by atoms with Crippen molar-refractivity contribution in [2.24, 2.45) is 0 Å². The smallest absolute Gasteiger partial charge is 0.305 e. The van der Waals surface area contributed by atoms with Crippen LogP contribution in [0.5, 0.6) is 0 Å². The van der Waals surface area contributed by atoms with Crippen LogP contribution in [0.4, 0.5) is 0 Å². The first kappa shape index (κ1) is 18.5. The van der Waals surface area contributed by atoms with E-state index in [0.29, 0.717) is 24.2 Å². The Hall–Kier alpha value is -2.81. The van der Waals surface area contributed by atoms with Gasteiger partial charge in [-0.2, -0.15) is 5.26 Å². The lowest BCUT2D eigenvalue weighted by Gasteiger charge is -2.05. The number of unbranched alkanes of at least 4 members (excludes halogenated alkanes) is 3. The summed E-state index contributed by atoms with van der Waals surface area (Å²) in [5, 5.41) is 12.8. The summed E-state index contributed by atoms with van der Waals surface area (Å²) in [5.41, 5.74) is 2.82. The molecule has 6 heteroatoms. The number of esters is 1. The lowest BCUT2D eigenvalue weighted by atomic mass is 10.1. The molecule has 1 aromatic carbocycles. The predicted octanol–water partition coefficient (Wildman–Crippen LogP) is 3.20. The third-order valence-corrected chi connectivity index (χ3v) is 4.24. The van der Waals surface area contributed by atoms with Crippen LogP contribution in [-0.4, -0.2) is 30.5 Å². The zero-order valence-corrected chi connectivity index (χ0v) is 14.6. The fraction of sp³-hybridized carbons (Fsp3) is 0.421. The van der Waals surface area contributed by atoms with Crippen molar-refractivity contribution < 1.29 is 14.3 Å². The number of amides is 1. The lowest BCUT2D eigenvalue weighted by Crippen LogP contribution is -2.25. The van der Waals surface area contributed by atoms with Crippen molar-refractivity contribution in [3.05, 3.63) is 35.0 Å². The largest absolute Gasteiger partial charge is 0.469 e. The molecule has 0 unspecified atom stereocenters. The predicted molar refractivity (Wildman–Crippen MR) is 95.2 cm³/mol. The van der Waals surface area contributed by atoms with Gasteiger partial charge in [0.25, 0.3) is 5.91 Å². The van der Waals surface area contributed by atoms with Gasteiger partial charge in [0.1, 0.15) is 5.69 Å². The van der Waals surface area contributed by atoms with Crippen molar-refractivity contribution in [3.63, 3.8) is 0 Å². The molecule has 0 aliphatic heterocycles. The van der Waals surface area contributed by atoms with Crippen LogP contribution in [0.15, 0.2) is 18.2 Å². The number of hydrogen-bond acceptors (Lipinski definition) is 4. The molecule has 1 aromatic heterocycles. The van der Waals surface area contributed by atoms with Crippen LogP contribution in [0, 0.1) is 18.3 Å². The Morgan fingerprint density at radius 2 is 2.00 bits per heavy atom. The molecule has 2 N–H and O–H groups in total. The highest BCUT2D eigenvalue weighted by atomic mass is 16.5. The maximum Gasteiger partial charge on any atom is 0.305 e. The first-order valence-corrected chi connectivity index (χ1v) is 8.44. The van der Waals surface area contributed by atoms with Gasteiger partial charge in [0.15, 0.2) is 0 Å². The zero-order chi connectivity index (χ0) is 18.2. The van der Waals surface area contributed by atoms with Gasteiger partial charge in [0.2, 0.25) is 0 Å². The topological polar surface area (TPSA) is 95.0 Å². The Balaban J connectivity index is 1.81. The van der Waals surface area contributed by atoms with Crippen molar-refractivity contribution in [3.8, 4) is 6.07 Å². The molecule has 132 valence electrons. The van der Waals surface area contributed by atoms with Crippen molar-refractivity contribution in [2.45, 2.75) is 39.0 Å². The van der Waals surface area contributed by atoms with Crippen molar-refractivity contribution >= 4 is 22.8 Å².